The lowest BCUT2D eigenvalue weighted by molar-refractivity contribution is -0.199. The lowest BCUT2D eigenvalue weighted by atomic mass is 9.39. The number of benzene rings is 1. The third-order valence-corrected chi connectivity index (χ3v) is 29.0. The highest BCUT2D eigenvalue weighted by Crippen LogP contribution is 2.67. The summed E-state index contributed by atoms with van der Waals surface area (Å²) in [5.41, 5.74) is 0.00855. The van der Waals surface area contributed by atoms with Crippen molar-refractivity contribution in [2.75, 3.05) is 39.6 Å². The molecule has 1 radical (unpaired) electrons. The van der Waals surface area contributed by atoms with E-state index in [1.165, 1.54) is 77.0 Å². The molecule has 0 aromatic heterocycles. The summed E-state index contributed by atoms with van der Waals surface area (Å²) in [6, 6.07) is 7.77. The molecule has 6 aliphatic carbocycles. The van der Waals surface area contributed by atoms with Crippen molar-refractivity contribution in [1.29, 1.82) is 0 Å². The van der Waals surface area contributed by atoms with Crippen molar-refractivity contribution in [1.82, 2.24) is 0 Å². The molecule has 10 aliphatic heterocycles. The van der Waals surface area contributed by atoms with E-state index in [4.69, 9.17) is 93.1 Å². The molecule has 789 valence electrons. The molecule has 4 bridgehead atoms. The monoisotopic (exact) mass is 1930 g/mol. The fourth-order valence-electron chi connectivity index (χ4n) is 20.0. The van der Waals surface area contributed by atoms with Crippen LogP contribution in [0.25, 0.3) is 0 Å². The van der Waals surface area contributed by atoms with Gasteiger partial charge in [-0.1, -0.05) is 331 Å². The van der Waals surface area contributed by atoms with Gasteiger partial charge in [0.2, 0.25) is 0 Å². The van der Waals surface area contributed by atoms with Crippen LogP contribution >= 0.6 is 0 Å². The van der Waals surface area contributed by atoms with Gasteiger partial charge in [-0.05, 0) is 218 Å². The molecular formula is C107H208B11O20. The van der Waals surface area contributed by atoms with Gasteiger partial charge in [-0.15, -0.1) is 0 Å². The molecule has 6 unspecified atom stereocenters. The van der Waals surface area contributed by atoms with Crippen LogP contribution in [0.1, 0.15) is 442 Å². The number of rotatable bonds is 1. The van der Waals surface area contributed by atoms with Crippen molar-refractivity contribution >= 4 is 78.5 Å². The van der Waals surface area contributed by atoms with Gasteiger partial charge in [-0.3, -0.25) is 0 Å². The molecule has 10 heterocycles. The summed E-state index contributed by atoms with van der Waals surface area (Å²) in [6.07, 6.45) is 21.8. The molecular weight excluding hydrogens is 1720 g/mol. The zero-order chi connectivity index (χ0) is 105. The minimum Gasteiger partial charge on any atom is -0.523 e. The maximum absolute atomic E-state index is 6.38. The van der Waals surface area contributed by atoms with Gasteiger partial charge >= 0.3 is 71.2 Å². The van der Waals surface area contributed by atoms with Gasteiger partial charge in [0, 0.05) is 55.8 Å². The van der Waals surface area contributed by atoms with Crippen molar-refractivity contribution in [2.24, 2.45) is 34.5 Å². The Bertz CT molecular complexity index is 3610. The van der Waals surface area contributed by atoms with E-state index in [0.717, 1.165) is 94.0 Å². The highest BCUT2D eigenvalue weighted by Gasteiger charge is 2.69. The molecule has 0 spiro atoms. The lowest BCUT2D eigenvalue weighted by Crippen LogP contribution is -2.65. The third-order valence-electron chi connectivity index (χ3n) is 29.0. The van der Waals surface area contributed by atoms with Crippen LogP contribution in [-0.4, -0.2) is 189 Å². The van der Waals surface area contributed by atoms with E-state index in [1.54, 1.807) is 0 Å². The number of hydrogen-bond acceptors (Lipinski definition) is 20. The zero-order valence-electron chi connectivity index (χ0n) is 98.6. The molecule has 0 amide bonds. The fourth-order valence-corrected chi connectivity index (χ4v) is 20.0. The van der Waals surface area contributed by atoms with Crippen molar-refractivity contribution < 1.29 is 93.1 Å². The van der Waals surface area contributed by atoms with Crippen LogP contribution in [0.5, 0.6) is 11.5 Å². The van der Waals surface area contributed by atoms with Gasteiger partial charge in [0.05, 0.1) is 71.7 Å². The first-order chi connectivity index (χ1) is 62.3. The second kappa shape index (κ2) is 48.8. The van der Waals surface area contributed by atoms with Gasteiger partial charge < -0.3 is 93.1 Å². The van der Waals surface area contributed by atoms with Gasteiger partial charge in [0.1, 0.15) is 18.8 Å². The molecule has 1 aromatic rings. The number of fused-ring (bicyclic) bond motifs is 4. The van der Waals surface area contributed by atoms with E-state index in [1.807, 2.05) is 24.3 Å². The first-order valence-corrected chi connectivity index (χ1v) is 54.2. The maximum atomic E-state index is 6.38. The van der Waals surface area contributed by atoms with Crippen molar-refractivity contribution in [3.8, 4) is 11.5 Å². The first kappa shape index (κ1) is 125. The third kappa shape index (κ3) is 39.0. The zero-order valence-corrected chi connectivity index (χ0v) is 98.6. The topological polar surface area (TPSA) is 185 Å². The summed E-state index contributed by atoms with van der Waals surface area (Å²) >= 11 is 0. The molecule has 6 saturated carbocycles. The van der Waals surface area contributed by atoms with Gasteiger partial charge in [0.15, 0.2) is 0 Å². The highest BCUT2D eigenvalue weighted by molar-refractivity contribution is 6.53. The van der Waals surface area contributed by atoms with E-state index in [0.29, 0.717) is 47.2 Å². The molecule has 20 nitrogen and oxygen atoms in total. The van der Waals surface area contributed by atoms with Crippen LogP contribution in [0.4, 0.5) is 0 Å². The Morgan fingerprint density at radius 1 is 0.312 bits per heavy atom. The van der Waals surface area contributed by atoms with Crippen LogP contribution < -0.4 is 9.31 Å². The SMILES string of the molecule is CC(C)(C)B1OC(C)(C)C(C)(C)O1.CC(C)(C)B1OC2CCCCC2O1.CC(C)(C)B1OCCCO1.CC(C)(C)B1OCCO1.CC(C)(C)B1O[C@@H]2C[C@@H]3C[C@@H](C3(C)C)[C@]2(C)O1.CC(C)(C)B1Oc2ccccc2O1.CC(C)(C)[B]C1C2CCCC1CCC2.CC1(C)CC(C)(C)OB(C(C)(C)C)O1.CC1(C)COB(C(C)(C)C)OC1.CC1CC(C)OB(C(C)(C)C)O1.CC1OB(C(C)(C)C)OC1C. The summed E-state index contributed by atoms with van der Waals surface area (Å²) < 4.78 is 115. The Labute approximate surface area is 853 Å². The lowest BCUT2D eigenvalue weighted by Gasteiger charge is -2.64. The fraction of sp³-hybridized carbons (Fsp3) is 0.944. The molecule has 31 heteroatoms. The molecule has 138 heavy (non-hydrogen) atoms. The quantitative estimate of drug-likeness (QED) is 0.242. The number of hydrogen-bond donors (Lipinski definition) is 0. The minimum absolute atomic E-state index is 0.00116. The number of para-hydroxylation sites is 2. The van der Waals surface area contributed by atoms with E-state index >= 15 is 0 Å². The van der Waals surface area contributed by atoms with Crippen LogP contribution in [0, 0.1) is 34.5 Å². The standard InChI is InChI=1S/C14H25BO2.C13H24B.C11H23BO2.C10H19BO2.C10H13BO2.C10H21BO2.2C9H19BO2.C8H17BO2.C7H15BO2.C6H13BO2/c1-12(2,3)15-16-11-8-9-7-10(13(9,4)5)14(11,6)17-15;1-13(2,3)14-12-10-6-4-7-11(12)9-5-8-10;1-9(2,3)12-13-10(4,5)8-11(6,7)14-12;2*1-10(2,3)11-12-8-6-4-5-7-9(8)13-11;1-8(2,3)11-12-9(4,5)10(6,7)13-11;1-8(2,3)10-11-6-9(4,5)7-12-10;1-7-6-8(2)12-10(11-7)9(3,4)5;1-6-7(2)11-9(10-6)8(3,4)5;1-7(2,3)8-9-5-4-6-10-8;1-6(2,3)7-8-4-5-9-7/h9-11H,7-8H2,1-6H3;10-12H,4-9H2,1-3H3;8H2,1-7H3;8-9H,4-7H2,1-3H3;4-7H,1-3H3;1-7H3;6-7H2,1-5H3;7-8H,6H2,1-5H3;6-7H,1-5H3;4-6H2,1-3H3;4-5H2,1-3H3/t9-,10-,11+,14-;;;;;;;;;;/m0........../s1. The Balaban J connectivity index is 0.000000234. The van der Waals surface area contributed by atoms with Crippen LogP contribution in [0.2, 0.25) is 64.3 Å². The summed E-state index contributed by atoms with van der Waals surface area (Å²) in [5, 5.41) is 1.26. The predicted molar refractivity (Wildman–Crippen MR) is 585 cm³/mol. The molecule has 17 rings (SSSR count). The largest absolute Gasteiger partial charge is 0.600 e. The average Bonchev–Trinajstić information content (AvgIpc) is 1.47. The van der Waals surface area contributed by atoms with Gasteiger partial charge in [-0.25, -0.2) is 0 Å². The van der Waals surface area contributed by atoms with E-state index < -0.39 is 0 Å². The van der Waals surface area contributed by atoms with Crippen LogP contribution in [-0.2, 0) is 83.8 Å². The summed E-state index contributed by atoms with van der Waals surface area (Å²) in [4.78, 5) is 0. The van der Waals surface area contributed by atoms with Gasteiger partial charge in [0.25, 0.3) is 0 Å². The second-order valence-corrected chi connectivity index (χ2v) is 58.9. The Kier molecular flexibility index (Phi) is 44.4. The van der Waals surface area contributed by atoms with Gasteiger partial charge in [-0.2, -0.15) is 0 Å². The van der Waals surface area contributed by atoms with Crippen LogP contribution in [0.15, 0.2) is 24.3 Å². The molecule has 15 fully saturated rings. The minimum atomic E-state index is -0.203. The van der Waals surface area contributed by atoms with Crippen molar-refractivity contribution in [3.63, 3.8) is 0 Å². The summed E-state index contributed by atoms with van der Waals surface area (Å²) in [5.74, 6) is 6.25. The molecule has 16 aliphatic rings. The summed E-state index contributed by atoms with van der Waals surface area (Å²) in [7, 11) is 2.17. The molecule has 9 saturated heterocycles. The van der Waals surface area contributed by atoms with Crippen LogP contribution in [0.3, 0.4) is 0 Å². The smallest absolute Gasteiger partial charge is 0.523 e. The molecule has 1 aromatic carbocycles. The first-order valence-electron chi connectivity index (χ1n) is 54.2. The summed E-state index contributed by atoms with van der Waals surface area (Å²) in [6.45, 7) is 113. The molecule has 0 N–H and O–H groups in total. The van der Waals surface area contributed by atoms with Crippen molar-refractivity contribution in [2.45, 2.75) is 578 Å². The van der Waals surface area contributed by atoms with Crippen molar-refractivity contribution in [3.05, 3.63) is 24.3 Å². The predicted octanol–water partition coefficient (Wildman–Crippen LogP) is 29.3. The van der Waals surface area contributed by atoms with E-state index in [-0.39, 0.29) is 170 Å². The Morgan fingerprint density at radius 3 is 0.964 bits per heavy atom. The molecule has 10 atom stereocenters. The average molecular weight is 1930 g/mol. The Morgan fingerprint density at radius 2 is 0.645 bits per heavy atom. The second-order valence-electron chi connectivity index (χ2n) is 58.9. The highest BCUT2D eigenvalue weighted by atomic mass is 16.7. The normalized spacial score (nSPS) is 30.0. The Hall–Kier alpha value is -1.19. The van der Waals surface area contributed by atoms with E-state index in [9.17, 15) is 0 Å². The maximum Gasteiger partial charge on any atom is 0.600 e. The van der Waals surface area contributed by atoms with E-state index in [2.05, 4.69) is 353 Å².